The first kappa shape index (κ1) is 20.2. The first-order chi connectivity index (χ1) is 15.4. The molecular formula is C23H16ClN3O5. The number of nitrogens with zero attached hydrogens (tertiary/aromatic N) is 2. The van der Waals surface area contributed by atoms with Crippen LogP contribution >= 0.6 is 11.6 Å². The lowest BCUT2D eigenvalue weighted by atomic mass is 9.93. The van der Waals surface area contributed by atoms with Gasteiger partial charge in [-0.25, -0.2) is 0 Å². The number of nitro groups is 1. The number of carbonyl (C=O) groups excluding carboxylic acids is 2. The number of hydrogen-bond donors (Lipinski definition) is 2. The monoisotopic (exact) mass is 449 g/mol. The van der Waals surface area contributed by atoms with E-state index in [9.17, 15) is 24.8 Å². The summed E-state index contributed by atoms with van der Waals surface area (Å²) < 4.78 is 1.90. The lowest BCUT2D eigenvalue weighted by Crippen LogP contribution is -2.20. The number of aliphatic hydroxyl groups is 1. The molecule has 0 saturated carbocycles. The topological polar surface area (TPSA) is 114 Å². The maximum Gasteiger partial charge on any atom is 0.270 e. The molecule has 0 fully saturated rings. The van der Waals surface area contributed by atoms with Crippen molar-refractivity contribution in [2.24, 2.45) is 0 Å². The van der Waals surface area contributed by atoms with E-state index in [0.717, 1.165) is 0 Å². The van der Waals surface area contributed by atoms with Gasteiger partial charge in [0, 0.05) is 52.2 Å². The highest BCUT2D eigenvalue weighted by atomic mass is 35.5. The van der Waals surface area contributed by atoms with Gasteiger partial charge in [0.25, 0.3) is 17.5 Å². The summed E-state index contributed by atoms with van der Waals surface area (Å²) in [4.78, 5) is 36.6. The number of imide groups is 1. The van der Waals surface area contributed by atoms with Crippen molar-refractivity contribution in [1.29, 1.82) is 0 Å². The first-order valence-corrected chi connectivity index (χ1v) is 10.3. The summed E-state index contributed by atoms with van der Waals surface area (Å²) in [5.74, 6) is -1.10. The smallest absolute Gasteiger partial charge is 0.270 e. The van der Waals surface area contributed by atoms with Crippen molar-refractivity contribution in [1.82, 2.24) is 9.88 Å². The third-order valence-corrected chi connectivity index (χ3v) is 6.06. The number of aliphatic hydroxyl groups excluding tert-OH is 1. The molecule has 2 amide bonds. The van der Waals surface area contributed by atoms with E-state index in [1.807, 2.05) is 4.57 Å². The van der Waals surface area contributed by atoms with Crippen LogP contribution in [0.3, 0.4) is 0 Å². The number of non-ortho nitro benzene ring substituents is 1. The Bertz CT molecular complexity index is 1470. The van der Waals surface area contributed by atoms with Crippen LogP contribution in [-0.4, -0.2) is 33.0 Å². The van der Waals surface area contributed by atoms with Gasteiger partial charge in [-0.15, -0.1) is 0 Å². The molecule has 4 aromatic rings. The van der Waals surface area contributed by atoms with Crippen molar-refractivity contribution in [2.45, 2.75) is 13.0 Å². The van der Waals surface area contributed by atoms with Gasteiger partial charge in [0.15, 0.2) is 0 Å². The van der Waals surface area contributed by atoms with Crippen molar-refractivity contribution in [3.8, 4) is 11.1 Å². The third kappa shape index (κ3) is 2.88. The second kappa shape index (κ2) is 7.44. The van der Waals surface area contributed by atoms with Gasteiger partial charge in [-0.2, -0.15) is 0 Å². The third-order valence-electron chi connectivity index (χ3n) is 5.73. The Morgan fingerprint density at radius 2 is 1.75 bits per heavy atom. The summed E-state index contributed by atoms with van der Waals surface area (Å²) >= 11 is 6.42. The molecule has 160 valence electrons. The summed E-state index contributed by atoms with van der Waals surface area (Å²) in [6, 6.07) is 13.3. The van der Waals surface area contributed by atoms with Crippen LogP contribution in [0.4, 0.5) is 5.69 Å². The van der Waals surface area contributed by atoms with Gasteiger partial charge in [-0.05, 0) is 30.2 Å². The Balaban J connectivity index is 1.98. The quantitative estimate of drug-likeness (QED) is 0.268. The number of nitro benzene ring substituents is 1. The van der Waals surface area contributed by atoms with Crippen LogP contribution in [0.5, 0.6) is 0 Å². The van der Waals surface area contributed by atoms with Gasteiger partial charge in [0.1, 0.15) is 0 Å². The maximum atomic E-state index is 12.9. The number of benzene rings is 3. The van der Waals surface area contributed by atoms with Gasteiger partial charge in [0.05, 0.1) is 21.6 Å². The molecule has 0 unspecified atom stereocenters. The van der Waals surface area contributed by atoms with E-state index in [1.54, 1.807) is 36.4 Å². The minimum Gasteiger partial charge on any atom is -0.396 e. The molecule has 3 aromatic carbocycles. The number of aryl methyl sites for hydroxylation is 1. The fraction of sp³-hybridized carbons (Fsp3) is 0.130. The van der Waals surface area contributed by atoms with Crippen LogP contribution in [0.25, 0.3) is 32.9 Å². The van der Waals surface area contributed by atoms with E-state index in [1.165, 1.54) is 12.1 Å². The molecular weight excluding hydrogens is 434 g/mol. The number of nitrogens with one attached hydrogen (secondary N) is 1. The fourth-order valence-electron chi connectivity index (χ4n) is 4.41. The zero-order chi connectivity index (χ0) is 22.6. The molecule has 0 bridgehead atoms. The Morgan fingerprint density at radius 3 is 2.47 bits per heavy atom. The predicted octanol–water partition coefficient (Wildman–Crippen LogP) is 4.29. The average Bonchev–Trinajstić information content (AvgIpc) is 3.25. The second-order valence-corrected chi connectivity index (χ2v) is 7.93. The van der Waals surface area contributed by atoms with Crippen LogP contribution in [0.1, 0.15) is 27.1 Å². The van der Waals surface area contributed by atoms with Crippen molar-refractivity contribution in [3.63, 3.8) is 0 Å². The van der Waals surface area contributed by atoms with Crippen molar-refractivity contribution in [2.75, 3.05) is 6.61 Å². The van der Waals surface area contributed by atoms with E-state index < -0.39 is 16.7 Å². The van der Waals surface area contributed by atoms with Crippen molar-refractivity contribution < 1.29 is 19.6 Å². The van der Waals surface area contributed by atoms with E-state index in [4.69, 9.17) is 11.6 Å². The standard InChI is InChI=1S/C23H16ClN3O5/c24-16-5-2-1-4-13(16)14-11-18-19(21-20(14)22(29)25-23(21)30)15-10-12(27(31)32)6-7-17(15)26(18)8-3-9-28/h1-2,4-7,10-11,28H,3,8-9H2,(H,25,29,30). The average molecular weight is 450 g/mol. The number of amides is 2. The normalized spacial score (nSPS) is 13.1. The predicted molar refractivity (Wildman–Crippen MR) is 120 cm³/mol. The van der Waals surface area contributed by atoms with Crippen LogP contribution in [0, 0.1) is 10.1 Å². The fourth-order valence-corrected chi connectivity index (χ4v) is 4.65. The molecule has 1 aliphatic heterocycles. The number of hydrogen-bond acceptors (Lipinski definition) is 5. The van der Waals surface area contributed by atoms with E-state index in [0.29, 0.717) is 50.9 Å². The zero-order valence-electron chi connectivity index (χ0n) is 16.6. The summed E-state index contributed by atoms with van der Waals surface area (Å²) in [5, 5.41) is 24.5. The molecule has 8 nitrogen and oxygen atoms in total. The number of rotatable bonds is 5. The Morgan fingerprint density at radius 1 is 1.00 bits per heavy atom. The van der Waals surface area contributed by atoms with Gasteiger partial charge >= 0.3 is 0 Å². The number of fused-ring (bicyclic) bond motifs is 5. The SMILES string of the molecule is O=C1NC(=O)c2c1c(-c1ccccc1Cl)cc1c2c2cc([N+](=O)[O-])ccc2n1CCCO. The van der Waals surface area contributed by atoms with Gasteiger partial charge in [0.2, 0.25) is 0 Å². The molecule has 0 spiro atoms. The van der Waals surface area contributed by atoms with Crippen LogP contribution in [0.2, 0.25) is 5.02 Å². The highest BCUT2D eigenvalue weighted by molar-refractivity contribution is 6.36. The number of halogens is 1. The molecule has 9 heteroatoms. The molecule has 32 heavy (non-hydrogen) atoms. The van der Waals surface area contributed by atoms with Crippen LogP contribution in [-0.2, 0) is 6.54 Å². The highest BCUT2D eigenvalue weighted by Gasteiger charge is 2.35. The minimum absolute atomic E-state index is 0.0462. The molecule has 0 saturated heterocycles. The van der Waals surface area contributed by atoms with Gasteiger partial charge in [-0.1, -0.05) is 29.8 Å². The molecule has 1 aliphatic rings. The molecule has 2 heterocycles. The van der Waals surface area contributed by atoms with E-state index in [-0.39, 0.29) is 23.4 Å². The number of aromatic nitrogens is 1. The molecule has 0 radical (unpaired) electrons. The van der Waals surface area contributed by atoms with Gasteiger partial charge in [-0.3, -0.25) is 25.0 Å². The van der Waals surface area contributed by atoms with E-state index >= 15 is 0 Å². The summed E-state index contributed by atoms with van der Waals surface area (Å²) in [5.41, 5.74) is 2.66. The zero-order valence-corrected chi connectivity index (χ0v) is 17.3. The summed E-state index contributed by atoms with van der Waals surface area (Å²) in [6.45, 7) is 0.375. The largest absolute Gasteiger partial charge is 0.396 e. The second-order valence-electron chi connectivity index (χ2n) is 7.52. The Labute approximate surface area is 186 Å². The minimum atomic E-state index is -0.559. The molecule has 5 rings (SSSR count). The summed E-state index contributed by atoms with van der Waals surface area (Å²) in [7, 11) is 0. The Kier molecular flexibility index (Phi) is 4.69. The van der Waals surface area contributed by atoms with Crippen LogP contribution < -0.4 is 5.32 Å². The van der Waals surface area contributed by atoms with E-state index in [2.05, 4.69) is 5.32 Å². The van der Waals surface area contributed by atoms with Crippen LogP contribution in [0.15, 0.2) is 48.5 Å². The lowest BCUT2D eigenvalue weighted by molar-refractivity contribution is -0.384. The highest BCUT2D eigenvalue weighted by Crippen LogP contribution is 2.42. The van der Waals surface area contributed by atoms with Gasteiger partial charge < -0.3 is 9.67 Å². The molecule has 0 aliphatic carbocycles. The van der Waals surface area contributed by atoms with Crippen molar-refractivity contribution >= 4 is 50.9 Å². The molecule has 0 atom stereocenters. The molecule has 1 aromatic heterocycles. The lowest BCUT2D eigenvalue weighted by Gasteiger charge is -2.12. The summed E-state index contributed by atoms with van der Waals surface area (Å²) in [6.07, 6.45) is 0.444. The van der Waals surface area contributed by atoms with Crippen molar-refractivity contribution in [3.05, 3.63) is 74.8 Å². The number of carbonyl (C=O) groups is 2. The molecule has 2 N–H and O–H groups in total. The first-order valence-electron chi connectivity index (χ1n) is 9.91. The Hall–Kier alpha value is -3.75. The maximum absolute atomic E-state index is 12.9.